The second kappa shape index (κ2) is 9.39. The molecule has 1 heterocycles. The number of benzene rings is 2. The van der Waals surface area contributed by atoms with Crippen LogP contribution in [0.3, 0.4) is 0 Å². The lowest BCUT2D eigenvalue weighted by molar-refractivity contribution is -0.138. The van der Waals surface area contributed by atoms with E-state index in [9.17, 15) is 14.7 Å². The molecule has 0 aromatic heterocycles. The smallest absolute Gasteiger partial charge is 0.344 e. The zero-order valence-electron chi connectivity index (χ0n) is 16.2. The number of aliphatic imine (C=N–C) groups is 1. The number of nitrogens with zero attached hydrogens (tertiary/aromatic N) is 1. The van der Waals surface area contributed by atoms with Gasteiger partial charge in [0.2, 0.25) is 0 Å². The topological polar surface area (TPSA) is 76.0 Å². The Morgan fingerprint density at radius 1 is 1.07 bits per heavy atom. The van der Waals surface area contributed by atoms with Gasteiger partial charge in [-0.25, -0.2) is 9.79 Å². The second-order valence-electron chi connectivity index (χ2n) is 6.24. The molecular weight excluding hydrogens is 386 g/mol. The highest BCUT2D eigenvalue weighted by atomic mass is 32.2. The van der Waals surface area contributed by atoms with Crippen molar-refractivity contribution in [1.29, 1.82) is 0 Å². The van der Waals surface area contributed by atoms with Crippen molar-refractivity contribution in [3.05, 3.63) is 87.5 Å². The molecule has 0 unspecified atom stereocenters. The van der Waals surface area contributed by atoms with E-state index in [1.165, 1.54) is 5.56 Å². The predicted octanol–water partition coefficient (Wildman–Crippen LogP) is 4.95. The summed E-state index contributed by atoms with van der Waals surface area (Å²) < 4.78 is 5.05. The Kier molecular flexibility index (Phi) is 6.67. The van der Waals surface area contributed by atoms with Gasteiger partial charge in [0.05, 0.1) is 11.5 Å². The molecule has 1 amide bonds. The molecule has 0 aliphatic carbocycles. The standard InChI is InChI=1S/C23H21NO4S/c1-3-15-10-12-16(13-11-15)14-18-20(25)19(23(27)28-4-2)22(29-18)24-21(26)17-8-6-5-7-9-17/h5-14,25H,3-4H2,1-2H3/b18-14-,24-22?. The Morgan fingerprint density at radius 3 is 2.38 bits per heavy atom. The molecule has 148 valence electrons. The van der Waals surface area contributed by atoms with Gasteiger partial charge in [0, 0.05) is 5.56 Å². The van der Waals surface area contributed by atoms with Crippen LogP contribution >= 0.6 is 11.8 Å². The molecule has 3 rings (SSSR count). The molecule has 0 radical (unpaired) electrons. The van der Waals surface area contributed by atoms with Crippen LogP contribution in [0.5, 0.6) is 0 Å². The van der Waals surface area contributed by atoms with Gasteiger partial charge in [0.1, 0.15) is 16.4 Å². The lowest BCUT2D eigenvalue weighted by atomic mass is 10.1. The van der Waals surface area contributed by atoms with Crippen molar-refractivity contribution in [3.63, 3.8) is 0 Å². The van der Waals surface area contributed by atoms with Gasteiger partial charge in [0.25, 0.3) is 5.91 Å². The largest absolute Gasteiger partial charge is 0.506 e. The maximum absolute atomic E-state index is 12.5. The van der Waals surface area contributed by atoms with E-state index in [0.717, 1.165) is 23.7 Å². The number of hydrogen-bond donors (Lipinski definition) is 1. The quantitative estimate of drug-likeness (QED) is 0.710. The third-order valence-corrected chi connectivity index (χ3v) is 5.30. The van der Waals surface area contributed by atoms with Crippen LogP contribution in [0.15, 0.2) is 75.8 Å². The van der Waals surface area contributed by atoms with Crippen molar-refractivity contribution in [2.45, 2.75) is 20.3 Å². The minimum atomic E-state index is -0.707. The molecule has 0 spiro atoms. The summed E-state index contributed by atoms with van der Waals surface area (Å²) in [5.41, 5.74) is 2.39. The Balaban J connectivity index is 1.98. The highest BCUT2D eigenvalue weighted by molar-refractivity contribution is 8.18. The van der Waals surface area contributed by atoms with Crippen LogP contribution in [-0.4, -0.2) is 28.6 Å². The average Bonchev–Trinajstić information content (AvgIpc) is 3.04. The van der Waals surface area contributed by atoms with Crippen molar-refractivity contribution in [2.75, 3.05) is 6.61 Å². The number of carbonyl (C=O) groups is 2. The summed E-state index contributed by atoms with van der Waals surface area (Å²) >= 11 is 1.07. The van der Waals surface area contributed by atoms with Gasteiger partial charge >= 0.3 is 5.97 Å². The fraction of sp³-hybridized carbons (Fsp3) is 0.174. The summed E-state index contributed by atoms with van der Waals surface area (Å²) in [4.78, 5) is 29.4. The number of rotatable bonds is 5. The van der Waals surface area contributed by atoms with Crippen molar-refractivity contribution < 1.29 is 19.4 Å². The molecule has 1 N–H and O–H groups in total. The Morgan fingerprint density at radius 2 is 1.76 bits per heavy atom. The molecule has 29 heavy (non-hydrogen) atoms. The minimum absolute atomic E-state index is 0.0856. The number of amides is 1. The maximum Gasteiger partial charge on any atom is 0.344 e. The summed E-state index contributed by atoms with van der Waals surface area (Å²) in [7, 11) is 0. The minimum Gasteiger partial charge on any atom is -0.506 e. The van der Waals surface area contributed by atoms with Crippen LogP contribution in [0.2, 0.25) is 0 Å². The predicted molar refractivity (Wildman–Crippen MR) is 116 cm³/mol. The van der Waals surface area contributed by atoms with E-state index < -0.39 is 11.9 Å². The summed E-state index contributed by atoms with van der Waals surface area (Å²) in [5.74, 6) is -1.43. The van der Waals surface area contributed by atoms with Gasteiger partial charge < -0.3 is 9.84 Å². The lowest BCUT2D eigenvalue weighted by Crippen LogP contribution is -2.14. The van der Waals surface area contributed by atoms with Crippen LogP contribution in [0.25, 0.3) is 6.08 Å². The SMILES string of the molecule is CCOC(=O)C1=C(O)/C(=C/c2ccc(CC)cc2)SC1=NC(=O)c1ccccc1. The molecule has 2 aromatic carbocycles. The highest BCUT2D eigenvalue weighted by Gasteiger charge is 2.33. The molecule has 1 aliphatic heterocycles. The second-order valence-corrected chi connectivity index (χ2v) is 7.27. The number of esters is 1. The molecule has 6 heteroatoms. The zero-order valence-corrected chi connectivity index (χ0v) is 17.0. The fourth-order valence-corrected chi connectivity index (χ4v) is 3.74. The number of carbonyl (C=O) groups excluding carboxylic acids is 2. The van der Waals surface area contributed by atoms with Crippen molar-refractivity contribution in [2.24, 2.45) is 4.99 Å². The van der Waals surface area contributed by atoms with Crippen molar-refractivity contribution >= 4 is 34.8 Å². The summed E-state index contributed by atoms with van der Waals surface area (Å²) in [5, 5.41) is 10.8. The molecule has 0 bridgehead atoms. The number of ether oxygens (including phenoxy) is 1. The molecule has 0 saturated carbocycles. The van der Waals surface area contributed by atoms with E-state index in [0.29, 0.717) is 10.5 Å². The maximum atomic E-state index is 12.5. The molecule has 2 aromatic rings. The summed E-state index contributed by atoms with van der Waals surface area (Å²) in [6.45, 7) is 3.90. The van der Waals surface area contributed by atoms with Gasteiger partial charge in [-0.1, -0.05) is 61.2 Å². The van der Waals surface area contributed by atoms with Gasteiger partial charge in [0.15, 0.2) is 0 Å². The first-order valence-electron chi connectivity index (χ1n) is 9.31. The van der Waals surface area contributed by atoms with Crippen LogP contribution < -0.4 is 0 Å². The average molecular weight is 407 g/mol. The first-order valence-corrected chi connectivity index (χ1v) is 10.1. The third-order valence-electron chi connectivity index (χ3n) is 4.28. The van der Waals surface area contributed by atoms with Crippen molar-refractivity contribution in [3.8, 4) is 0 Å². The third kappa shape index (κ3) is 4.84. The Hall–Kier alpha value is -3.12. The number of aliphatic hydroxyl groups is 1. The monoisotopic (exact) mass is 407 g/mol. The number of aliphatic hydroxyl groups excluding tert-OH is 1. The Labute approximate surface area is 173 Å². The van der Waals surface area contributed by atoms with Crippen molar-refractivity contribution in [1.82, 2.24) is 0 Å². The zero-order chi connectivity index (χ0) is 20.8. The van der Waals surface area contributed by atoms with E-state index in [4.69, 9.17) is 4.74 Å². The van der Waals surface area contributed by atoms with E-state index in [-0.39, 0.29) is 23.0 Å². The number of hydrogen-bond acceptors (Lipinski definition) is 5. The molecule has 0 atom stereocenters. The molecule has 5 nitrogen and oxygen atoms in total. The molecule has 0 saturated heterocycles. The highest BCUT2D eigenvalue weighted by Crippen LogP contribution is 2.39. The van der Waals surface area contributed by atoms with Gasteiger partial charge in [-0.05, 0) is 42.7 Å². The first-order chi connectivity index (χ1) is 14.0. The van der Waals surface area contributed by atoms with E-state index in [1.54, 1.807) is 43.3 Å². The van der Waals surface area contributed by atoms with Gasteiger partial charge in [-0.15, -0.1) is 0 Å². The summed E-state index contributed by atoms with van der Waals surface area (Å²) in [6.07, 6.45) is 2.69. The van der Waals surface area contributed by atoms with Crippen LogP contribution in [-0.2, 0) is 16.0 Å². The van der Waals surface area contributed by atoms with E-state index in [2.05, 4.69) is 11.9 Å². The van der Waals surface area contributed by atoms with Crippen LogP contribution in [0.1, 0.15) is 35.3 Å². The van der Waals surface area contributed by atoms with Crippen LogP contribution in [0, 0.1) is 0 Å². The van der Waals surface area contributed by atoms with Gasteiger partial charge in [-0.3, -0.25) is 4.79 Å². The first kappa shape index (κ1) is 20.6. The van der Waals surface area contributed by atoms with E-state index in [1.807, 2.05) is 24.3 Å². The number of aryl methyl sites for hydroxylation is 1. The molecular formula is C23H21NO4S. The fourth-order valence-electron chi connectivity index (χ4n) is 2.73. The van der Waals surface area contributed by atoms with Crippen LogP contribution in [0.4, 0.5) is 0 Å². The normalized spacial score (nSPS) is 16.5. The molecule has 0 fully saturated rings. The van der Waals surface area contributed by atoms with E-state index >= 15 is 0 Å². The molecule has 1 aliphatic rings. The number of thioether (sulfide) groups is 1. The lowest BCUT2D eigenvalue weighted by Gasteiger charge is -2.03. The van der Waals surface area contributed by atoms with Gasteiger partial charge in [-0.2, -0.15) is 0 Å². The Bertz CT molecular complexity index is 1000. The summed E-state index contributed by atoms with van der Waals surface area (Å²) in [6, 6.07) is 16.5.